The van der Waals surface area contributed by atoms with Crippen molar-refractivity contribution < 1.29 is 9.36 Å². The summed E-state index contributed by atoms with van der Waals surface area (Å²) in [4.78, 5) is 12.8. The molecular weight excluding hydrogens is 208 g/mol. The van der Waals surface area contributed by atoms with Gasteiger partial charge < -0.3 is 4.52 Å². The molecule has 0 atom stereocenters. The van der Waals surface area contributed by atoms with Gasteiger partial charge in [-0.05, 0) is 25.0 Å². The molecule has 0 aliphatic heterocycles. The maximum Gasteiger partial charge on any atom is 0.255 e. The van der Waals surface area contributed by atoms with Crippen molar-refractivity contribution in [2.24, 2.45) is 5.90 Å². The Balaban J connectivity index is 2.35. The number of pyridine rings is 1. The molecule has 0 aromatic carbocycles. The van der Waals surface area contributed by atoms with Crippen LogP contribution in [0.15, 0.2) is 16.8 Å². The zero-order chi connectivity index (χ0) is 11.5. The second kappa shape index (κ2) is 4.38. The van der Waals surface area contributed by atoms with E-state index < -0.39 is 0 Å². The Morgan fingerprint density at radius 3 is 2.94 bits per heavy atom. The first-order valence-corrected chi connectivity index (χ1v) is 4.78. The van der Waals surface area contributed by atoms with Gasteiger partial charge in [-0.1, -0.05) is 11.2 Å². The monoisotopic (exact) mass is 220 g/mol. The fourth-order valence-electron chi connectivity index (χ4n) is 1.43. The molecule has 0 fully saturated rings. The van der Waals surface area contributed by atoms with Gasteiger partial charge in [-0.3, -0.25) is 9.82 Å². The van der Waals surface area contributed by atoms with Crippen LogP contribution in [-0.4, -0.2) is 15.1 Å². The molecule has 2 rings (SSSR count). The van der Waals surface area contributed by atoms with E-state index in [2.05, 4.69) is 20.0 Å². The van der Waals surface area contributed by atoms with Gasteiger partial charge in [0.05, 0.1) is 0 Å². The number of nitrogens with two attached hydrogens (primary N) is 1. The molecule has 0 amide bonds. The zero-order valence-electron chi connectivity index (χ0n) is 9.10. The third kappa shape index (κ3) is 2.07. The fourth-order valence-corrected chi connectivity index (χ4v) is 1.43. The van der Waals surface area contributed by atoms with E-state index in [-0.39, 0.29) is 6.61 Å². The third-order valence-electron chi connectivity index (χ3n) is 2.10. The molecule has 0 saturated heterocycles. The van der Waals surface area contributed by atoms with Crippen LogP contribution in [0.3, 0.4) is 0 Å². The maximum absolute atomic E-state index is 4.94. The van der Waals surface area contributed by atoms with Crippen LogP contribution in [0.2, 0.25) is 0 Å². The van der Waals surface area contributed by atoms with E-state index in [1.54, 1.807) is 6.20 Å². The summed E-state index contributed by atoms with van der Waals surface area (Å²) in [5.41, 5.74) is 2.80. The summed E-state index contributed by atoms with van der Waals surface area (Å²) in [6, 6.07) is 2.01. The largest absolute Gasteiger partial charge is 0.336 e. The van der Waals surface area contributed by atoms with Crippen LogP contribution in [0.5, 0.6) is 0 Å². The van der Waals surface area contributed by atoms with Crippen LogP contribution in [0.1, 0.15) is 17.0 Å². The van der Waals surface area contributed by atoms with E-state index in [0.717, 1.165) is 11.1 Å². The Morgan fingerprint density at radius 1 is 1.44 bits per heavy atom. The average Bonchev–Trinajstić information content (AvgIpc) is 2.67. The predicted molar refractivity (Wildman–Crippen MR) is 56.0 cm³/mol. The topological polar surface area (TPSA) is 87.1 Å². The van der Waals surface area contributed by atoms with Crippen molar-refractivity contribution >= 4 is 0 Å². The number of aromatic nitrogens is 3. The van der Waals surface area contributed by atoms with E-state index in [0.29, 0.717) is 17.4 Å². The highest BCUT2D eigenvalue weighted by atomic mass is 16.6. The zero-order valence-corrected chi connectivity index (χ0v) is 9.10. The van der Waals surface area contributed by atoms with Crippen molar-refractivity contribution in [3.8, 4) is 11.5 Å². The minimum Gasteiger partial charge on any atom is -0.336 e. The van der Waals surface area contributed by atoms with Gasteiger partial charge in [0.25, 0.3) is 5.89 Å². The fraction of sp³-hybridized carbons (Fsp3) is 0.300. The van der Waals surface area contributed by atoms with Crippen molar-refractivity contribution in [2.75, 3.05) is 0 Å². The molecule has 0 aliphatic carbocycles. The summed E-state index contributed by atoms with van der Waals surface area (Å²) in [6.45, 7) is 4.02. The van der Waals surface area contributed by atoms with Gasteiger partial charge in [0.2, 0.25) is 5.82 Å². The lowest BCUT2D eigenvalue weighted by molar-refractivity contribution is 0.0996. The summed E-state index contributed by atoms with van der Waals surface area (Å²) in [7, 11) is 0. The molecule has 0 radical (unpaired) electrons. The molecule has 84 valence electrons. The Bertz CT molecular complexity index is 495. The Labute approximate surface area is 92.4 Å². The lowest BCUT2D eigenvalue weighted by atomic mass is 10.1. The SMILES string of the molecule is Cc1cnc(-c2noc(CON)n2)c(C)c1. The van der Waals surface area contributed by atoms with Crippen molar-refractivity contribution in [3.05, 3.63) is 29.3 Å². The molecule has 2 N–H and O–H groups in total. The van der Waals surface area contributed by atoms with Crippen LogP contribution >= 0.6 is 0 Å². The van der Waals surface area contributed by atoms with Crippen molar-refractivity contribution in [1.29, 1.82) is 0 Å². The van der Waals surface area contributed by atoms with Gasteiger partial charge in [0.1, 0.15) is 12.3 Å². The second-order valence-corrected chi connectivity index (χ2v) is 3.50. The van der Waals surface area contributed by atoms with Crippen LogP contribution in [0, 0.1) is 13.8 Å². The quantitative estimate of drug-likeness (QED) is 0.780. The summed E-state index contributed by atoms with van der Waals surface area (Å²) >= 11 is 0. The van der Waals surface area contributed by atoms with Crippen LogP contribution < -0.4 is 5.90 Å². The molecule has 2 aromatic rings. The Morgan fingerprint density at radius 2 is 2.25 bits per heavy atom. The van der Waals surface area contributed by atoms with E-state index in [1.807, 2.05) is 19.9 Å². The standard InChI is InChI=1S/C10H12N4O2/c1-6-3-7(2)9(12-4-6)10-13-8(5-15-11)16-14-10/h3-4H,5,11H2,1-2H3. The highest BCUT2D eigenvalue weighted by Crippen LogP contribution is 2.18. The Hall–Kier alpha value is -1.79. The van der Waals surface area contributed by atoms with Crippen molar-refractivity contribution in [3.63, 3.8) is 0 Å². The molecule has 2 heterocycles. The smallest absolute Gasteiger partial charge is 0.255 e. The first-order chi connectivity index (χ1) is 7.70. The van der Waals surface area contributed by atoms with Crippen LogP contribution in [-0.2, 0) is 11.4 Å². The second-order valence-electron chi connectivity index (χ2n) is 3.50. The summed E-state index contributed by atoms with van der Waals surface area (Å²) in [6.07, 6.45) is 1.76. The Kier molecular flexibility index (Phi) is 2.93. The maximum atomic E-state index is 4.94. The van der Waals surface area contributed by atoms with E-state index in [4.69, 9.17) is 10.4 Å². The normalized spacial score (nSPS) is 10.7. The minimum atomic E-state index is 0.0951. The molecule has 6 heteroatoms. The molecule has 0 aliphatic rings. The molecule has 2 aromatic heterocycles. The molecule has 6 nitrogen and oxygen atoms in total. The lowest BCUT2D eigenvalue weighted by Gasteiger charge is -2.00. The summed E-state index contributed by atoms with van der Waals surface area (Å²) in [5.74, 6) is 5.70. The first kappa shape index (κ1) is 10.7. The van der Waals surface area contributed by atoms with E-state index in [1.165, 1.54) is 0 Å². The molecular formula is C10H12N4O2. The lowest BCUT2D eigenvalue weighted by Crippen LogP contribution is -1.99. The summed E-state index contributed by atoms with van der Waals surface area (Å²) < 4.78 is 4.94. The van der Waals surface area contributed by atoms with Crippen LogP contribution in [0.4, 0.5) is 0 Å². The van der Waals surface area contributed by atoms with Crippen molar-refractivity contribution in [2.45, 2.75) is 20.5 Å². The van der Waals surface area contributed by atoms with E-state index in [9.17, 15) is 0 Å². The minimum absolute atomic E-state index is 0.0951. The molecule has 0 spiro atoms. The molecule has 0 saturated carbocycles. The van der Waals surface area contributed by atoms with Gasteiger partial charge in [-0.25, -0.2) is 5.90 Å². The predicted octanol–water partition coefficient (Wildman–Crippen LogP) is 1.14. The van der Waals surface area contributed by atoms with Crippen molar-refractivity contribution in [1.82, 2.24) is 15.1 Å². The van der Waals surface area contributed by atoms with Crippen LogP contribution in [0.25, 0.3) is 11.5 Å². The van der Waals surface area contributed by atoms with Gasteiger partial charge in [0.15, 0.2) is 0 Å². The summed E-state index contributed by atoms with van der Waals surface area (Å²) in [5, 5.41) is 3.81. The van der Waals surface area contributed by atoms with E-state index >= 15 is 0 Å². The number of hydrogen-bond donors (Lipinski definition) is 1. The molecule has 0 bridgehead atoms. The molecule has 0 unspecified atom stereocenters. The number of rotatable bonds is 3. The highest BCUT2D eigenvalue weighted by Gasteiger charge is 2.11. The van der Waals surface area contributed by atoms with Gasteiger partial charge in [-0.15, -0.1) is 0 Å². The number of aryl methyl sites for hydroxylation is 2. The van der Waals surface area contributed by atoms with Gasteiger partial charge in [-0.2, -0.15) is 4.98 Å². The number of nitrogens with zero attached hydrogens (tertiary/aromatic N) is 3. The first-order valence-electron chi connectivity index (χ1n) is 4.78. The average molecular weight is 220 g/mol. The number of hydrogen-bond acceptors (Lipinski definition) is 6. The molecule has 16 heavy (non-hydrogen) atoms. The highest BCUT2D eigenvalue weighted by molar-refractivity contribution is 5.53. The van der Waals surface area contributed by atoms with Gasteiger partial charge >= 0.3 is 0 Å². The van der Waals surface area contributed by atoms with Gasteiger partial charge in [0, 0.05) is 6.20 Å². The third-order valence-corrected chi connectivity index (χ3v) is 2.10.